The molecule has 30 nitrogen and oxygen atoms in total. The quantitative estimate of drug-likeness (QED) is 0.0127. The van der Waals surface area contributed by atoms with Gasteiger partial charge in [0.25, 0.3) is 46.9 Å². The van der Waals surface area contributed by atoms with E-state index in [1.807, 2.05) is 0 Å². The summed E-state index contributed by atoms with van der Waals surface area (Å²) in [6.07, 6.45) is 0. The summed E-state index contributed by atoms with van der Waals surface area (Å²) in [7, 11) is -14.2. The predicted octanol–water partition coefficient (Wildman–Crippen LogP) is 10.1. The molecule has 8 aromatic rings. The van der Waals surface area contributed by atoms with Crippen LogP contribution in [0.5, 0.6) is 0 Å². The van der Waals surface area contributed by atoms with Gasteiger partial charge < -0.3 is 31.3 Å². The first-order chi connectivity index (χ1) is 42.4. The number of nitrogens with one attached hydrogen (secondary N) is 5. The molecule has 456 valence electrons. The lowest BCUT2D eigenvalue weighted by molar-refractivity contribution is -0.128. The lowest BCUT2D eigenvalue weighted by Gasteiger charge is -2.16. The highest BCUT2D eigenvalue weighted by Gasteiger charge is 2.26. The zero-order chi connectivity index (χ0) is 64.3. The Labute approximate surface area is 512 Å². The summed E-state index contributed by atoms with van der Waals surface area (Å²) in [5, 5.41) is 64.4. The van der Waals surface area contributed by atoms with E-state index in [2.05, 4.69) is 88.6 Å². The van der Waals surface area contributed by atoms with E-state index < -0.39 is 57.2 Å². The van der Waals surface area contributed by atoms with E-state index in [0.717, 1.165) is 50.9 Å². The zero-order valence-corrected chi connectivity index (χ0v) is 50.8. The molecule has 5 aromatic carbocycles. The number of thiophene rings is 1. The van der Waals surface area contributed by atoms with Crippen molar-refractivity contribution in [3.05, 3.63) is 143 Å². The SMILES string of the molecule is COS(=O)(=O)c1ccc(Nc2nc(Nc3ccc(S(=O)(=O)OC)cc3)c(N=Nc3sc(N=Nc4ccccc4C#N)c(-c4ccc(Nc5nc(Nc6cc(CS(=O)(=O)O)ccc6S(=O)(=O)OC)nc(NC(C)COC=O)n5)cc4)c3C#N)c(C)c2C#N)cc1. The molecule has 89 heavy (non-hydrogen) atoms. The van der Waals surface area contributed by atoms with Crippen LogP contribution in [0.3, 0.4) is 0 Å². The summed E-state index contributed by atoms with van der Waals surface area (Å²) in [6, 6.07) is 32.7. The molecule has 0 saturated carbocycles. The summed E-state index contributed by atoms with van der Waals surface area (Å²) >= 11 is 0.889. The van der Waals surface area contributed by atoms with Crippen LogP contribution in [0, 0.1) is 40.9 Å². The molecule has 6 N–H and O–H groups in total. The average molecular weight is 1300 g/mol. The third-order valence-corrected chi connectivity index (χ3v) is 17.8. The number of ether oxygens (including phenoxy) is 1. The normalized spacial score (nSPS) is 12.2. The molecule has 0 fully saturated rings. The fourth-order valence-electron chi connectivity index (χ4n) is 8.03. The number of nitriles is 3. The van der Waals surface area contributed by atoms with Crippen molar-refractivity contribution in [3.8, 4) is 29.3 Å². The third-order valence-electron chi connectivity index (χ3n) is 12.3. The van der Waals surface area contributed by atoms with Crippen LogP contribution in [0.4, 0.5) is 73.6 Å². The van der Waals surface area contributed by atoms with E-state index in [4.69, 9.17) is 13.9 Å². The van der Waals surface area contributed by atoms with E-state index in [1.54, 1.807) is 56.3 Å². The van der Waals surface area contributed by atoms with Crippen LogP contribution < -0.4 is 26.6 Å². The first-order valence-electron chi connectivity index (χ1n) is 25.2. The monoisotopic (exact) mass is 1300 g/mol. The Morgan fingerprint density at radius 2 is 1.17 bits per heavy atom. The van der Waals surface area contributed by atoms with Gasteiger partial charge in [-0.25, -0.2) is 4.98 Å². The highest BCUT2D eigenvalue weighted by atomic mass is 32.2. The maximum absolute atomic E-state index is 13.0. The number of hydrogen-bond acceptors (Lipinski definition) is 30. The van der Waals surface area contributed by atoms with E-state index >= 15 is 0 Å². The van der Waals surface area contributed by atoms with E-state index in [-0.39, 0.29) is 113 Å². The van der Waals surface area contributed by atoms with Crippen molar-refractivity contribution in [3.63, 3.8) is 0 Å². The van der Waals surface area contributed by atoms with Gasteiger partial charge in [0.2, 0.25) is 17.8 Å². The Kier molecular flexibility index (Phi) is 20.1. The minimum absolute atomic E-state index is 0.0125. The number of carbonyl (C=O) groups excluding carboxylic acids is 1. The highest BCUT2D eigenvalue weighted by molar-refractivity contribution is 7.87. The molecule has 0 aliphatic heterocycles. The Morgan fingerprint density at radius 3 is 1.74 bits per heavy atom. The van der Waals surface area contributed by atoms with Crippen molar-refractivity contribution in [1.82, 2.24) is 19.9 Å². The van der Waals surface area contributed by atoms with E-state index in [0.29, 0.717) is 22.6 Å². The van der Waals surface area contributed by atoms with Crippen LogP contribution in [0.2, 0.25) is 0 Å². The second-order valence-electron chi connectivity index (χ2n) is 18.2. The maximum Gasteiger partial charge on any atom is 0.298 e. The van der Waals surface area contributed by atoms with Crippen LogP contribution in [0.25, 0.3) is 11.1 Å². The fourth-order valence-corrected chi connectivity index (χ4v) is 11.7. The van der Waals surface area contributed by atoms with Gasteiger partial charge in [0.05, 0.1) is 54.0 Å². The van der Waals surface area contributed by atoms with E-state index in [1.165, 1.54) is 54.6 Å². The molecule has 0 radical (unpaired) electrons. The van der Waals surface area contributed by atoms with Crippen LogP contribution in [0.1, 0.15) is 34.7 Å². The summed E-state index contributed by atoms with van der Waals surface area (Å²) in [6.45, 7) is 3.30. The third kappa shape index (κ3) is 15.8. The number of anilines is 9. The average Bonchev–Trinajstić information content (AvgIpc) is 1.97. The minimum atomic E-state index is -4.57. The standard InChI is InChI=1S/C54H46N16O14S5/c1-31(28-84-30-71)58-52-64-53(66-54(65-52)62-44-24-33(29-86(72,73)74)10-23-45(44)89(79,80)83-5)61-38-13-11-34(12-14-38)46-42(27-57)50(85-51(46)70-67-43-9-7-6-8-35(43)25-55)69-68-47-32(2)41(26-56)48(59-36-15-19-39(20-16-36)87(75,76)81-3)63-49(47)60-37-17-21-40(22-18-37)88(77,78)82-4/h6-24,30-31H,28-29H2,1-5H3,(H2,59,60,63)(H,72,73,74)(H3,58,61,62,64,65,66). The van der Waals surface area contributed by atoms with Crippen LogP contribution >= 0.6 is 11.3 Å². The molecule has 8 rings (SSSR count). The Morgan fingerprint density at radius 1 is 0.618 bits per heavy atom. The molecule has 35 heteroatoms. The Hall–Kier alpha value is -10.3. The van der Waals surface area contributed by atoms with Gasteiger partial charge in [0.1, 0.15) is 57.4 Å². The number of benzene rings is 5. The molecular weight excluding hydrogens is 1260 g/mol. The first kappa shape index (κ1) is 64.7. The lowest BCUT2D eigenvalue weighted by atomic mass is 10.0. The number of rotatable bonds is 26. The molecule has 0 amide bonds. The van der Waals surface area contributed by atoms with Crippen LogP contribution in [0.15, 0.2) is 150 Å². The molecule has 3 aromatic heterocycles. The molecule has 3 heterocycles. The summed E-state index contributed by atoms with van der Waals surface area (Å²) < 4.78 is 128. The number of aromatic nitrogens is 4. The number of pyridine rings is 1. The summed E-state index contributed by atoms with van der Waals surface area (Å²) in [4.78, 5) is 28.1. The molecule has 0 aliphatic rings. The second-order valence-corrected chi connectivity index (χ2v) is 25.7. The van der Waals surface area contributed by atoms with Crippen molar-refractivity contribution >= 4 is 132 Å². The van der Waals surface area contributed by atoms with Gasteiger partial charge in [0, 0.05) is 28.2 Å². The van der Waals surface area contributed by atoms with Crippen molar-refractivity contribution in [1.29, 1.82) is 15.8 Å². The Balaban J connectivity index is 1.21. The molecule has 1 atom stereocenters. The van der Waals surface area contributed by atoms with Crippen molar-refractivity contribution in [2.75, 3.05) is 54.5 Å². The molecule has 0 bridgehead atoms. The predicted molar refractivity (Wildman–Crippen MR) is 323 cm³/mol. The summed E-state index contributed by atoms with van der Waals surface area (Å²) in [5.74, 6) is -1.49. The maximum atomic E-state index is 13.0. The Bertz CT molecular complexity index is 4690. The summed E-state index contributed by atoms with van der Waals surface area (Å²) in [5.41, 5.74) is 1.74. The molecule has 1 unspecified atom stereocenters. The smallest absolute Gasteiger partial charge is 0.298 e. The van der Waals surface area contributed by atoms with Gasteiger partial charge >= 0.3 is 0 Å². The van der Waals surface area contributed by atoms with Gasteiger partial charge in [-0.3, -0.25) is 21.9 Å². The topological polar surface area (TPSA) is 443 Å². The zero-order valence-electron chi connectivity index (χ0n) is 46.8. The van der Waals surface area contributed by atoms with Gasteiger partial charge in [0.15, 0.2) is 16.6 Å². The van der Waals surface area contributed by atoms with Gasteiger partial charge in [-0.15, -0.1) is 20.5 Å². The van der Waals surface area contributed by atoms with Gasteiger partial charge in [-0.1, -0.05) is 41.7 Å². The molecule has 0 spiro atoms. The van der Waals surface area contributed by atoms with Crippen LogP contribution in [-0.2, 0) is 68.3 Å². The number of azo groups is 2. The molecule has 0 aliphatic carbocycles. The van der Waals surface area contributed by atoms with Crippen LogP contribution in [-0.4, -0.2) is 98.6 Å². The van der Waals surface area contributed by atoms with Crippen molar-refractivity contribution in [2.24, 2.45) is 20.5 Å². The molecular formula is C54H46N16O14S5. The largest absolute Gasteiger partial charge is 0.466 e. The minimum Gasteiger partial charge on any atom is -0.466 e. The first-order valence-corrected chi connectivity index (χ1v) is 31.9. The van der Waals surface area contributed by atoms with Gasteiger partial charge in [-0.05, 0) is 110 Å². The molecule has 0 saturated heterocycles. The number of carbonyl (C=O) groups is 1. The number of hydrogen-bond donors (Lipinski definition) is 6. The fraction of sp³-hybridized carbons (Fsp3) is 0.148. The van der Waals surface area contributed by atoms with E-state index in [9.17, 15) is 58.8 Å². The second kappa shape index (κ2) is 27.6. The number of nitrogens with zero attached hydrogens (tertiary/aromatic N) is 11. The van der Waals surface area contributed by atoms with Crippen molar-refractivity contribution in [2.45, 2.75) is 40.3 Å². The lowest BCUT2D eigenvalue weighted by Crippen LogP contribution is -2.23. The van der Waals surface area contributed by atoms with Crippen molar-refractivity contribution < 1.29 is 60.3 Å². The highest BCUT2D eigenvalue weighted by Crippen LogP contribution is 2.49. The van der Waals surface area contributed by atoms with Gasteiger partial charge in [-0.2, -0.15) is 64.4 Å².